The Morgan fingerprint density at radius 2 is 2.00 bits per heavy atom. The molecule has 3 nitrogen and oxygen atoms in total. The van der Waals surface area contributed by atoms with Gasteiger partial charge in [0.15, 0.2) is 17.4 Å². The van der Waals surface area contributed by atoms with Crippen LogP contribution in [0.1, 0.15) is 12.5 Å². The number of benzene rings is 1. The molecule has 1 N–H and O–H groups in total. The number of hydrogen-bond donors (Lipinski definition) is 1. The zero-order chi connectivity index (χ0) is 12.3. The Kier molecular flexibility index (Phi) is 3.36. The van der Waals surface area contributed by atoms with Crippen LogP contribution in [0.3, 0.4) is 0 Å². The van der Waals surface area contributed by atoms with Crippen molar-refractivity contribution in [1.82, 2.24) is 0 Å². The molecule has 0 bridgehead atoms. The van der Waals surface area contributed by atoms with Crippen molar-refractivity contribution in [3.8, 4) is 6.07 Å². The van der Waals surface area contributed by atoms with Crippen LogP contribution in [0.4, 0.5) is 8.78 Å². The number of aliphatic hydroxyl groups excluding tert-OH is 1. The average molecular weight is 223 g/mol. The lowest BCUT2D eigenvalue weighted by atomic mass is 10.1. The number of hydrogen-bond acceptors (Lipinski definition) is 3. The van der Waals surface area contributed by atoms with Gasteiger partial charge in [-0.3, -0.25) is 4.79 Å². The van der Waals surface area contributed by atoms with Crippen LogP contribution in [-0.4, -0.2) is 10.9 Å². The van der Waals surface area contributed by atoms with E-state index >= 15 is 0 Å². The van der Waals surface area contributed by atoms with Crippen LogP contribution < -0.4 is 0 Å². The number of carbonyl (C=O) groups is 1. The molecule has 5 heteroatoms. The summed E-state index contributed by atoms with van der Waals surface area (Å²) in [5, 5.41) is 18.1. The Bertz CT molecular complexity index is 515. The summed E-state index contributed by atoms with van der Waals surface area (Å²) < 4.78 is 25.4. The van der Waals surface area contributed by atoms with Crippen LogP contribution in [0.25, 0.3) is 5.76 Å². The number of allylic oxidation sites excluding steroid dienone is 1. The minimum absolute atomic E-state index is 0.120. The number of halogens is 2. The molecule has 0 radical (unpaired) electrons. The lowest BCUT2D eigenvalue weighted by molar-refractivity contribution is -0.113. The van der Waals surface area contributed by atoms with Crippen molar-refractivity contribution in [2.24, 2.45) is 0 Å². The smallest absolute Gasteiger partial charge is 0.174 e. The summed E-state index contributed by atoms with van der Waals surface area (Å²) in [7, 11) is 0. The van der Waals surface area contributed by atoms with E-state index in [0.717, 1.165) is 19.1 Å². The Balaban J connectivity index is 3.34. The molecule has 82 valence electrons. The predicted octanol–water partition coefficient (Wildman–Crippen LogP) is 2.35. The molecule has 0 saturated heterocycles. The van der Waals surface area contributed by atoms with E-state index < -0.39 is 28.7 Å². The quantitative estimate of drug-likeness (QED) is 0.475. The van der Waals surface area contributed by atoms with Gasteiger partial charge in [-0.05, 0) is 18.2 Å². The molecule has 0 aliphatic heterocycles. The fourth-order valence-corrected chi connectivity index (χ4v) is 1.09. The molecule has 16 heavy (non-hydrogen) atoms. The Labute approximate surface area is 90.2 Å². The number of ketones is 1. The van der Waals surface area contributed by atoms with E-state index in [0.29, 0.717) is 6.07 Å². The van der Waals surface area contributed by atoms with Gasteiger partial charge in [0.1, 0.15) is 17.4 Å². The SMILES string of the molecule is CC(=O)/C(C#N)=C(/O)c1ccc(F)c(F)c1. The largest absolute Gasteiger partial charge is 0.506 e. The molecular weight excluding hydrogens is 216 g/mol. The molecule has 0 aromatic heterocycles. The third-order valence-electron chi connectivity index (χ3n) is 1.89. The molecule has 0 fully saturated rings. The maximum absolute atomic E-state index is 12.8. The molecule has 0 heterocycles. The summed E-state index contributed by atoms with van der Waals surface area (Å²) in [5.41, 5.74) is -0.614. The summed E-state index contributed by atoms with van der Waals surface area (Å²) >= 11 is 0. The Morgan fingerprint density at radius 1 is 1.38 bits per heavy atom. The fraction of sp³-hybridized carbons (Fsp3) is 0.0909. The van der Waals surface area contributed by atoms with E-state index in [1.54, 1.807) is 0 Å². The highest BCUT2D eigenvalue weighted by Gasteiger charge is 2.13. The van der Waals surface area contributed by atoms with Gasteiger partial charge in [0.2, 0.25) is 0 Å². The standard InChI is InChI=1S/C11H7F2NO2/c1-6(15)8(5-14)11(16)7-2-3-9(12)10(13)4-7/h2-4,16H,1H3/b11-8+. The molecule has 0 amide bonds. The Morgan fingerprint density at radius 3 is 2.44 bits per heavy atom. The van der Waals surface area contributed by atoms with Gasteiger partial charge in [0.25, 0.3) is 0 Å². The van der Waals surface area contributed by atoms with E-state index in [-0.39, 0.29) is 5.56 Å². The molecular formula is C11H7F2NO2. The first kappa shape index (κ1) is 11.9. The lowest BCUT2D eigenvalue weighted by Crippen LogP contribution is -1.99. The minimum Gasteiger partial charge on any atom is -0.506 e. The van der Waals surface area contributed by atoms with Gasteiger partial charge in [-0.2, -0.15) is 5.26 Å². The van der Waals surface area contributed by atoms with Crippen LogP contribution in [0.5, 0.6) is 0 Å². The van der Waals surface area contributed by atoms with Gasteiger partial charge < -0.3 is 5.11 Å². The number of nitrogens with zero attached hydrogens (tertiary/aromatic N) is 1. The molecule has 1 rings (SSSR count). The van der Waals surface area contributed by atoms with Gasteiger partial charge in [0, 0.05) is 12.5 Å². The number of nitriles is 1. The van der Waals surface area contributed by atoms with E-state index in [4.69, 9.17) is 5.26 Å². The van der Waals surface area contributed by atoms with Crippen LogP contribution in [-0.2, 0) is 4.79 Å². The first-order valence-electron chi connectivity index (χ1n) is 4.27. The second kappa shape index (κ2) is 4.53. The minimum atomic E-state index is -1.16. The maximum Gasteiger partial charge on any atom is 0.174 e. The van der Waals surface area contributed by atoms with Gasteiger partial charge in [0.05, 0.1) is 0 Å². The van der Waals surface area contributed by atoms with Crippen LogP contribution >= 0.6 is 0 Å². The van der Waals surface area contributed by atoms with Gasteiger partial charge in [-0.1, -0.05) is 0 Å². The van der Waals surface area contributed by atoms with Crippen molar-refractivity contribution in [3.63, 3.8) is 0 Å². The van der Waals surface area contributed by atoms with Crippen molar-refractivity contribution < 1.29 is 18.7 Å². The summed E-state index contributed by atoms with van der Waals surface area (Å²) in [6.07, 6.45) is 0. The second-order valence-electron chi connectivity index (χ2n) is 3.02. The highest BCUT2D eigenvalue weighted by Crippen LogP contribution is 2.18. The van der Waals surface area contributed by atoms with Crippen molar-refractivity contribution in [1.29, 1.82) is 5.26 Å². The first-order valence-corrected chi connectivity index (χ1v) is 4.27. The maximum atomic E-state index is 12.8. The number of aliphatic hydroxyl groups is 1. The van der Waals surface area contributed by atoms with Crippen molar-refractivity contribution in [2.45, 2.75) is 6.92 Å². The van der Waals surface area contributed by atoms with Crippen LogP contribution in [0.15, 0.2) is 23.8 Å². The molecule has 0 spiro atoms. The topological polar surface area (TPSA) is 61.1 Å². The third kappa shape index (κ3) is 2.23. The second-order valence-corrected chi connectivity index (χ2v) is 3.02. The normalized spacial score (nSPS) is 11.6. The highest BCUT2D eigenvalue weighted by molar-refractivity contribution is 6.03. The van der Waals surface area contributed by atoms with Gasteiger partial charge >= 0.3 is 0 Å². The van der Waals surface area contributed by atoms with E-state index in [1.165, 1.54) is 6.07 Å². The van der Waals surface area contributed by atoms with Gasteiger partial charge in [-0.25, -0.2) is 8.78 Å². The van der Waals surface area contributed by atoms with Crippen LogP contribution in [0, 0.1) is 23.0 Å². The van der Waals surface area contributed by atoms with Crippen LogP contribution in [0.2, 0.25) is 0 Å². The summed E-state index contributed by atoms with van der Waals surface area (Å²) in [6.45, 7) is 1.09. The molecule has 1 aromatic carbocycles. The number of rotatable bonds is 2. The molecule has 0 unspecified atom stereocenters. The monoisotopic (exact) mass is 223 g/mol. The summed E-state index contributed by atoms with van der Waals surface area (Å²) in [6, 6.07) is 4.09. The zero-order valence-corrected chi connectivity index (χ0v) is 8.29. The van der Waals surface area contributed by atoms with Crippen molar-refractivity contribution in [2.75, 3.05) is 0 Å². The predicted molar refractivity (Wildman–Crippen MR) is 52.2 cm³/mol. The molecule has 0 atom stereocenters. The van der Waals surface area contributed by atoms with Crippen molar-refractivity contribution in [3.05, 3.63) is 41.0 Å². The molecule has 0 aliphatic carbocycles. The summed E-state index contributed by atoms with van der Waals surface area (Å²) in [5.74, 6) is -3.54. The average Bonchev–Trinajstić information content (AvgIpc) is 2.22. The number of Topliss-reactive ketones (excluding diaryl/α,β-unsaturated/α-hetero) is 1. The first-order chi connectivity index (χ1) is 7.47. The summed E-state index contributed by atoms with van der Waals surface area (Å²) in [4.78, 5) is 10.9. The molecule has 1 aromatic rings. The van der Waals surface area contributed by atoms with E-state index in [2.05, 4.69) is 0 Å². The van der Waals surface area contributed by atoms with E-state index in [1.807, 2.05) is 0 Å². The highest BCUT2D eigenvalue weighted by atomic mass is 19.2. The number of carbonyl (C=O) groups excluding carboxylic acids is 1. The lowest BCUT2D eigenvalue weighted by Gasteiger charge is -2.02. The van der Waals surface area contributed by atoms with Gasteiger partial charge in [-0.15, -0.1) is 0 Å². The molecule has 0 aliphatic rings. The fourth-order valence-electron chi connectivity index (χ4n) is 1.09. The zero-order valence-electron chi connectivity index (χ0n) is 8.29. The van der Waals surface area contributed by atoms with E-state index in [9.17, 15) is 18.7 Å². The third-order valence-corrected chi connectivity index (χ3v) is 1.89. The van der Waals surface area contributed by atoms with Crippen molar-refractivity contribution >= 4 is 11.5 Å². The Hall–Kier alpha value is -2.22. The molecule has 0 saturated carbocycles.